The molecule has 0 radical (unpaired) electrons. The molecular formula is C5H2F3N3. The Kier molecular flexibility index (Phi) is 1.64. The molecule has 3 nitrogen and oxygen atoms in total. The summed E-state index contributed by atoms with van der Waals surface area (Å²) in [5.74, 6) is -1.69. The van der Waals surface area contributed by atoms with Crippen molar-refractivity contribution in [2.24, 2.45) is 9.98 Å². The molecule has 0 spiro atoms. The summed E-state index contributed by atoms with van der Waals surface area (Å²) in [7, 11) is 0. The normalized spacial score (nSPS) is 36.2. The summed E-state index contributed by atoms with van der Waals surface area (Å²) in [4.78, 5) is 5.28. The highest BCUT2D eigenvalue weighted by molar-refractivity contribution is 6.05. The Balaban J connectivity index is 2.99. The highest BCUT2D eigenvalue weighted by atomic mass is 19.2. The van der Waals surface area contributed by atoms with Crippen molar-refractivity contribution in [1.82, 2.24) is 0 Å². The molecule has 0 saturated carbocycles. The number of alkyl halides is 2. The molecule has 11 heavy (non-hydrogen) atoms. The highest BCUT2D eigenvalue weighted by Crippen LogP contribution is 2.17. The molecule has 0 aromatic rings. The van der Waals surface area contributed by atoms with Crippen molar-refractivity contribution in [2.75, 3.05) is 0 Å². The van der Waals surface area contributed by atoms with Crippen molar-refractivity contribution in [3.05, 3.63) is 0 Å². The minimum Gasteiger partial charge on any atom is -0.236 e. The molecule has 1 aliphatic rings. The SMILES string of the molecule is N#CC1(F)C=NC(F)N=C1F. The molecule has 0 N–H and O–H groups in total. The average molecular weight is 161 g/mol. The van der Waals surface area contributed by atoms with Crippen LogP contribution in [0.3, 0.4) is 0 Å². The smallest absolute Gasteiger partial charge is 0.236 e. The van der Waals surface area contributed by atoms with E-state index < -0.39 is 18.1 Å². The molecule has 0 saturated heterocycles. The van der Waals surface area contributed by atoms with Crippen LogP contribution >= 0.6 is 0 Å². The Morgan fingerprint density at radius 2 is 2.36 bits per heavy atom. The van der Waals surface area contributed by atoms with Crippen LogP contribution in [0.1, 0.15) is 0 Å². The van der Waals surface area contributed by atoms with Gasteiger partial charge < -0.3 is 0 Å². The first-order valence-corrected chi connectivity index (χ1v) is 2.61. The molecule has 0 aliphatic carbocycles. The largest absolute Gasteiger partial charge is 0.298 e. The number of rotatable bonds is 0. The zero-order valence-corrected chi connectivity index (χ0v) is 5.13. The van der Waals surface area contributed by atoms with Crippen molar-refractivity contribution in [3.63, 3.8) is 0 Å². The second-order valence-corrected chi connectivity index (χ2v) is 1.83. The van der Waals surface area contributed by atoms with E-state index in [2.05, 4.69) is 9.98 Å². The number of hydrogen-bond acceptors (Lipinski definition) is 3. The van der Waals surface area contributed by atoms with E-state index in [1.54, 1.807) is 0 Å². The number of hydrogen-bond donors (Lipinski definition) is 0. The van der Waals surface area contributed by atoms with Gasteiger partial charge in [-0.1, -0.05) is 0 Å². The predicted molar refractivity (Wildman–Crippen MR) is 31.4 cm³/mol. The van der Waals surface area contributed by atoms with Crippen LogP contribution in [0, 0.1) is 11.3 Å². The van der Waals surface area contributed by atoms with Gasteiger partial charge >= 0.3 is 0 Å². The first-order chi connectivity index (χ1) is 5.08. The van der Waals surface area contributed by atoms with Crippen LogP contribution in [0.15, 0.2) is 9.98 Å². The van der Waals surface area contributed by atoms with E-state index in [1.165, 1.54) is 0 Å². The molecule has 6 heteroatoms. The summed E-state index contributed by atoms with van der Waals surface area (Å²) in [6.45, 7) is 0. The van der Waals surface area contributed by atoms with E-state index in [0.717, 1.165) is 6.07 Å². The topological polar surface area (TPSA) is 48.5 Å². The zero-order valence-electron chi connectivity index (χ0n) is 5.13. The monoisotopic (exact) mass is 161 g/mol. The summed E-state index contributed by atoms with van der Waals surface area (Å²) < 4.78 is 37.0. The third-order valence-corrected chi connectivity index (χ3v) is 1.06. The van der Waals surface area contributed by atoms with Crippen molar-refractivity contribution in [2.45, 2.75) is 12.1 Å². The van der Waals surface area contributed by atoms with Gasteiger partial charge in [0.25, 0.3) is 12.1 Å². The fourth-order valence-corrected chi connectivity index (χ4v) is 0.513. The molecule has 0 aromatic carbocycles. The van der Waals surface area contributed by atoms with Crippen LogP contribution < -0.4 is 0 Å². The number of aliphatic imine (C=N–C) groups is 2. The molecule has 0 fully saturated rings. The van der Waals surface area contributed by atoms with Gasteiger partial charge in [-0.25, -0.2) is 9.38 Å². The van der Waals surface area contributed by atoms with Crippen molar-refractivity contribution < 1.29 is 13.2 Å². The molecule has 0 amide bonds. The van der Waals surface area contributed by atoms with Gasteiger partial charge in [0.15, 0.2) is 0 Å². The second kappa shape index (κ2) is 2.34. The van der Waals surface area contributed by atoms with E-state index in [0.29, 0.717) is 0 Å². The maximum atomic E-state index is 12.7. The Morgan fingerprint density at radius 1 is 1.73 bits per heavy atom. The lowest BCUT2D eigenvalue weighted by Crippen LogP contribution is -2.34. The quantitative estimate of drug-likeness (QED) is 0.487. The Morgan fingerprint density at radius 3 is 2.82 bits per heavy atom. The van der Waals surface area contributed by atoms with Crippen LogP contribution in [0.4, 0.5) is 13.2 Å². The molecule has 2 atom stereocenters. The van der Waals surface area contributed by atoms with E-state index in [9.17, 15) is 13.2 Å². The van der Waals surface area contributed by atoms with Gasteiger partial charge in [-0.05, 0) is 0 Å². The van der Waals surface area contributed by atoms with Gasteiger partial charge in [0, 0.05) is 0 Å². The summed E-state index contributed by atoms with van der Waals surface area (Å²) in [5, 5.41) is 8.05. The van der Waals surface area contributed by atoms with Crippen LogP contribution in [0.2, 0.25) is 0 Å². The third-order valence-electron chi connectivity index (χ3n) is 1.06. The van der Waals surface area contributed by atoms with Crippen LogP contribution in [0.5, 0.6) is 0 Å². The van der Waals surface area contributed by atoms with Crippen LogP contribution in [0.25, 0.3) is 0 Å². The fraction of sp³-hybridized carbons (Fsp3) is 0.400. The van der Waals surface area contributed by atoms with Gasteiger partial charge in [-0.15, -0.1) is 0 Å². The maximum Gasteiger partial charge on any atom is 0.298 e. The standard InChI is InChI=1S/C5H2F3N3/c6-3-5(8,1-9)2-10-4(7)11-3/h2,4H. The molecule has 0 aromatic heterocycles. The van der Waals surface area contributed by atoms with Gasteiger partial charge in [-0.3, -0.25) is 0 Å². The van der Waals surface area contributed by atoms with Crippen molar-refractivity contribution in [1.29, 1.82) is 5.26 Å². The molecule has 2 unspecified atom stereocenters. The van der Waals surface area contributed by atoms with Gasteiger partial charge in [0.1, 0.15) is 6.07 Å². The molecular weight excluding hydrogens is 159 g/mol. The second-order valence-electron chi connectivity index (χ2n) is 1.83. The number of nitriles is 1. The maximum absolute atomic E-state index is 12.7. The fourth-order valence-electron chi connectivity index (χ4n) is 0.513. The minimum absolute atomic E-state index is 0.264. The molecule has 1 rings (SSSR count). The first-order valence-electron chi connectivity index (χ1n) is 2.61. The lowest BCUT2D eigenvalue weighted by molar-refractivity contribution is 0.326. The lowest BCUT2D eigenvalue weighted by atomic mass is 10.1. The van der Waals surface area contributed by atoms with E-state index in [1.807, 2.05) is 0 Å². The summed E-state index contributed by atoms with van der Waals surface area (Å²) in [6.07, 6.45) is -1.87. The van der Waals surface area contributed by atoms with Crippen molar-refractivity contribution in [3.8, 4) is 6.07 Å². The van der Waals surface area contributed by atoms with E-state index in [4.69, 9.17) is 5.26 Å². The predicted octanol–water partition coefficient (Wildman–Crippen LogP) is 0.924. The van der Waals surface area contributed by atoms with E-state index in [-0.39, 0.29) is 6.21 Å². The van der Waals surface area contributed by atoms with Gasteiger partial charge in [0.2, 0.25) is 5.97 Å². The minimum atomic E-state index is -2.98. The van der Waals surface area contributed by atoms with Gasteiger partial charge in [-0.2, -0.15) is 19.0 Å². The number of halogens is 3. The first kappa shape index (κ1) is 7.72. The molecule has 1 aliphatic heterocycles. The zero-order chi connectivity index (χ0) is 8.48. The van der Waals surface area contributed by atoms with Crippen molar-refractivity contribution >= 4 is 12.2 Å². The summed E-state index contributed by atoms with van der Waals surface area (Å²) in [5.41, 5.74) is -2.98. The Labute approximate surface area is 59.9 Å². The Hall–Kier alpha value is -1.38. The van der Waals surface area contributed by atoms with E-state index >= 15 is 0 Å². The number of nitrogens with zero attached hydrogens (tertiary/aromatic N) is 3. The summed E-state index contributed by atoms with van der Waals surface area (Å²) >= 11 is 0. The van der Waals surface area contributed by atoms with Gasteiger partial charge in [0.05, 0.1) is 6.21 Å². The van der Waals surface area contributed by atoms with Crippen LogP contribution in [-0.4, -0.2) is 24.3 Å². The Bertz CT molecular complexity index is 267. The third kappa shape index (κ3) is 1.22. The molecule has 1 heterocycles. The van der Waals surface area contributed by atoms with Crippen LogP contribution in [-0.2, 0) is 0 Å². The molecule has 0 bridgehead atoms. The lowest BCUT2D eigenvalue weighted by Gasteiger charge is -2.12. The molecule has 58 valence electrons. The average Bonchev–Trinajstić information content (AvgIpc) is 1.98. The highest BCUT2D eigenvalue weighted by Gasteiger charge is 2.38. The summed E-state index contributed by atoms with van der Waals surface area (Å²) in [6, 6.07) is 0.962.